The van der Waals surface area contributed by atoms with Gasteiger partial charge in [0, 0.05) is 24.4 Å². The van der Waals surface area contributed by atoms with Gasteiger partial charge in [0.2, 0.25) is 0 Å². The number of unbranched alkanes of at least 4 members (excludes halogenated alkanes) is 1. The van der Waals surface area contributed by atoms with Gasteiger partial charge in [-0.25, -0.2) is 9.59 Å². The zero-order valence-electron chi connectivity index (χ0n) is 12.0. The van der Waals surface area contributed by atoms with E-state index >= 15 is 0 Å². The molecule has 0 atom stereocenters. The molecule has 0 saturated carbocycles. The molecule has 114 valence electrons. The minimum Gasteiger partial charge on any atom is -0.419 e. The molecule has 0 bridgehead atoms. The molecule has 0 radical (unpaired) electrons. The van der Waals surface area contributed by atoms with Gasteiger partial charge < -0.3 is 19.3 Å². The molecule has 6 heteroatoms. The molecule has 0 spiro atoms. The van der Waals surface area contributed by atoms with Crippen LogP contribution in [0.15, 0.2) is 24.3 Å². The van der Waals surface area contributed by atoms with E-state index in [0.717, 1.165) is 0 Å². The van der Waals surface area contributed by atoms with Crippen LogP contribution >= 0.6 is 0 Å². The first-order valence-electron chi connectivity index (χ1n) is 6.30. The Labute approximate surface area is 119 Å². The largest absolute Gasteiger partial charge is 0.419 e. The maximum absolute atomic E-state index is 11.4. The van der Waals surface area contributed by atoms with Crippen LogP contribution in [0.4, 0.5) is 0 Å². The highest BCUT2D eigenvalue weighted by molar-refractivity contribution is 5.88. The second-order valence-electron chi connectivity index (χ2n) is 4.31. The van der Waals surface area contributed by atoms with Gasteiger partial charge in [-0.15, -0.1) is 0 Å². The second kappa shape index (κ2) is 10.2. The molecule has 0 fully saturated rings. The van der Waals surface area contributed by atoms with Gasteiger partial charge in [-0.1, -0.05) is 13.2 Å². The van der Waals surface area contributed by atoms with Gasteiger partial charge in [-0.3, -0.25) is 0 Å². The molecule has 0 unspecified atom stereocenters. The summed E-state index contributed by atoms with van der Waals surface area (Å²) in [4.78, 5) is 22.8. The molecule has 0 amide bonds. The van der Waals surface area contributed by atoms with Crippen molar-refractivity contribution in [1.82, 2.24) is 0 Å². The van der Waals surface area contributed by atoms with Crippen LogP contribution in [0.1, 0.15) is 26.7 Å². The van der Waals surface area contributed by atoms with Gasteiger partial charge in [-0.2, -0.15) is 0 Å². The monoisotopic (exact) mass is 286 g/mol. The Bertz CT molecular complexity index is 333. The number of aliphatic hydroxyl groups is 1. The molecule has 0 heterocycles. The van der Waals surface area contributed by atoms with Crippen molar-refractivity contribution in [2.45, 2.75) is 33.0 Å². The minimum absolute atomic E-state index is 0.0799. The number of carbonyl (C=O) groups excluding carboxylic acids is 2. The Morgan fingerprint density at radius 2 is 1.55 bits per heavy atom. The van der Waals surface area contributed by atoms with E-state index in [2.05, 4.69) is 13.2 Å². The maximum Gasteiger partial charge on any atom is 0.336 e. The lowest BCUT2D eigenvalue weighted by Crippen LogP contribution is -2.29. The fourth-order valence-corrected chi connectivity index (χ4v) is 1.03. The predicted octanol–water partition coefficient (Wildman–Crippen LogP) is 1.34. The van der Waals surface area contributed by atoms with Crippen LogP contribution in [0, 0.1) is 0 Å². The molecular formula is C14H22O6. The summed E-state index contributed by atoms with van der Waals surface area (Å²) in [6, 6.07) is 0. The SMILES string of the molecule is C=C(C)C(=O)OC(COCCCCO)OC(=O)C(=C)C. The Kier molecular flexibility index (Phi) is 9.32. The zero-order valence-corrected chi connectivity index (χ0v) is 12.0. The number of hydrogen-bond acceptors (Lipinski definition) is 6. The second-order valence-corrected chi connectivity index (χ2v) is 4.31. The molecule has 0 saturated heterocycles. The average molecular weight is 286 g/mol. The number of hydrogen-bond donors (Lipinski definition) is 1. The van der Waals surface area contributed by atoms with Crippen LogP contribution in [-0.2, 0) is 23.8 Å². The first-order chi connectivity index (χ1) is 9.38. The summed E-state index contributed by atoms with van der Waals surface area (Å²) in [5, 5.41) is 8.62. The lowest BCUT2D eigenvalue weighted by Gasteiger charge is -2.18. The van der Waals surface area contributed by atoms with Gasteiger partial charge >= 0.3 is 11.9 Å². The first kappa shape index (κ1) is 18.3. The summed E-state index contributed by atoms with van der Waals surface area (Å²) in [6.45, 7) is 10.2. The van der Waals surface area contributed by atoms with Crippen molar-refractivity contribution < 1.29 is 28.9 Å². The lowest BCUT2D eigenvalue weighted by atomic mass is 10.3. The quantitative estimate of drug-likeness (QED) is 0.282. The fourth-order valence-electron chi connectivity index (χ4n) is 1.03. The third-order valence-corrected chi connectivity index (χ3v) is 2.12. The van der Waals surface area contributed by atoms with E-state index in [0.29, 0.717) is 19.4 Å². The van der Waals surface area contributed by atoms with Crippen molar-refractivity contribution in [2.75, 3.05) is 19.8 Å². The normalized spacial score (nSPS) is 10.2. The molecule has 0 aromatic heterocycles. The van der Waals surface area contributed by atoms with E-state index in [1.165, 1.54) is 13.8 Å². The van der Waals surface area contributed by atoms with E-state index in [1.807, 2.05) is 0 Å². The maximum atomic E-state index is 11.4. The van der Waals surface area contributed by atoms with Crippen LogP contribution in [0.2, 0.25) is 0 Å². The Balaban J connectivity index is 4.31. The fraction of sp³-hybridized carbons (Fsp3) is 0.571. The number of aliphatic hydroxyl groups excluding tert-OH is 1. The summed E-state index contributed by atoms with van der Waals surface area (Å²) in [5.41, 5.74) is 0.392. The first-order valence-corrected chi connectivity index (χ1v) is 6.30. The molecule has 6 nitrogen and oxygen atoms in total. The van der Waals surface area contributed by atoms with E-state index in [4.69, 9.17) is 19.3 Å². The smallest absolute Gasteiger partial charge is 0.336 e. The number of carbonyl (C=O) groups is 2. The number of ether oxygens (including phenoxy) is 3. The van der Waals surface area contributed by atoms with Gasteiger partial charge in [-0.05, 0) is 26.7 Å². The highest BCUT2D eigenvalue weighted by atomic mass is 16.7. The third-order valence-electron chi connectivity index (χ3n) is 2.12. The van der Waals surface area contributed by atoms with Crippen molar-refractivity contribution in [3.63, 3.8) is 0 Å². The van der Waals surface area contributed by atoms with E-state index in [-0.39, 0.29) is 24.4 Å². The summed E-state index contributed by atoms with van der Waals surface area (Å²) in [5.74, 6) is -1.33. The topological polar surface area (TPSA) is 82.1 Å². The van der Waals surface area contributed by atoms with Crippen molar-refractivity contribution in [3.8, 4) is 0 Å². The van der Waals surface area contributed by atoms with Gasteiger partial charge in [0.15, 0.2) is 0 Å². The standard InChI is InChI=1S/C14H22O6/c1-10(2)13(16)19-12(20-14(17)11(3)4)9-18-8-6-5-7-15/h12,15H,1,3,5-9H2,2,4H3. The molecule has 0 aliphatic heterocycles. The Morgan fingerprint density at radius 1 is 1.05 bits per heavy atom. The van der Waals surface area contributed by atoms with Gasteiger partial charge in [0.05, 0.1) is 0 Å². The van der Waals surface area contributed by atoms with Crippen molar-refractivity contribution in [1.29, 1.82) is 0 Å². The number of rotatable bonds is 10. The molecule has 1 N–H and O–H groups in total. The van der Waals surface area contributed by atoms with Crippen molar-refractivity contribution in [2.24, 2.45) is 0 Å². The molecule has 0 rings (SSSR count). The van der Waals surface area contributed by atoms with Crippen LogP contribution in [0.3, 0.4) is 0 Å². The van der Waals surface area contributed by atoms with Crippen LogP contribution in [0.5, 0.6) is 0 Å². The van der Waals surface area contributed by atoms with E-state index in [1.54, 1.807) is 0 Å². The summed E-state index contributed by atoms with van der Waals surface area (Å²) < 4.78 is 15.1. The van der Waals surface area contributed by atoms with E-state index in [9.17, 15) is 9.59 Å². The lowest BCUT2D eigenvalue weighted by molar-refractivity contribution is -0.192. The number of esters is 2. The minimum atomic E-state index is -1.14. The predicted molar refractivity (Wildman–Crippen MR) is 72.7 cm³/mol. The molecule has 20 heavy (non-hydrogen) atoms. The summed E-state index contributed by atoms with van der Waals surface area (Å²) >= 11 is 0. The molecule has 0 aliphatic carbocycles. The van der Waals surface area contributed by atoms with Gasteiger partial charge in [0.1, 0.15) is 6.61 Å². The summed E-state index contributed by atoms with van der Waals surface area (Å²) in [6.07, 6.45) is 0.131. The van der Waals surface area contributed by atoms with Crippen LogP contribution < -0.4 is 0 Å². The third kappa shape index (κ3) is 8.44. The van der Waals surface area contributed by atoms with Crippen LogP contribution in [0.25, 0.3) is 0 Å². The van der Waals surface area contributed by atoms with Gasteiger partial charge in [0.25, 0.3) is 6.29 Å². The zero-order chi connectivity index (χ0) is 15.5. The molecule has 0 aromatic rings. The van der Waals surface area contributed by atoms with Crippen molar-refractivity contribution in [3.05, 3.63) is 24.3 Å². The van der Waals surface area contributed by atoms with Crippen LogP contribution in [-0.4, -0.2) is 43.2 Å². The Hall–Kier alpha value is -1.66. The molecule has 0 aliphatic rings. The van der Waals surface area contributed by atoms with Crippen molar-refractivity contribution >= 4 is 11.9 Å². The highest BCUT2D eigenvalue weighted by Crippen LogP contribution is 2.05. The van der Waals surface area contributed by atoms with E-state index < -0.39 is 18.2 Å². The molecule has 0 aromatic carbocycles. The Morgan fingerprint density at radius 3 is 1.95 bits per heavy atom. The molecular weight excluding hydrogens is 264 g/mol. The average Bonchev–Trinajstić information content (AvgIpc) is 2.37. The highest BCUT2D eigenvalue weighted by Gasteiger charge is 2.20. The summed E-state index contributed by atoms with van der Waals surface area (Å²) in [7, 11) is 0.